The third kappa shape index (κ3) is 8.41. The second kappa shape index (κ2) is 15.3. The molecule has 0 aliphatic carbocycles. The molecule has 0 spiro atoms. The first-order valence-electron chi connectivity index (χ1n) is 16.4. The Balaban J connectivity index is 1.47. The highest BCUT2D eigenvalue weighted by Crippen LogP contribution is 2.39. The highest BCUT2D eigenvalue weighted by atomic mass is 127. The number of ether oxygens (including phenoxy) is 2. The Bertz CT molecular complexity index is 2120. The molecule has 0 saturated carbocycles. The van der Waals surface area contributed by atoms with Crippen LogP contribution in [0.3, 0.4) is 0 Å². The Kier molecular flexibility index (Phi) is 11.1. The number of alkyl halides is 3. The van der Waals surface area contributed by atoms with Crippen molar-refractivity contribution in [3.05, 3.63) is 99.0 Å². The van der Waals surface area contributed by atoms with Crippen LogP contribution in [0.5, 0.6) is 5.75 Å². The molecule has 9 nitrogen and oxygen atoms in total. The van der Waals surface area contributed by atoms with Crippen molar-refractivity contribution in [1.29, 1.82) is 0 Å². The van der Waals surface area contributed by atoms with Gasteiger partial charge in [0.15, 0.2) is 17.8 Å². The monoisotopic (exact) mass is 837 g/mol. The lowest BCUT2D eigenvalue weighted by atomic mass is 9.99. The number of rotatable bonds is 12. The summed E-state index contributed by atoms with van der Waals surface area (Å²) in [6.45, 7) is 2.17. The lowest BCUT2D eigenvalue weighted by Crippen LogP contribution is -2.29. The zero-order chi connectivity index (χ0) is 36.3. The van der Waals surface area contributed by atoms with E-state index < -0.39 is 34.7 Å². The smallest absolute Gasteiger partial charge is 0.393 e. The molecule has 1 aliphatic rings. The van der Waals surface area contributed by atoms with Crippen LogP contribution in [0, 0.1) is 9.52 Å². The number of para-hydroxylation sites is 1. The largest absolute Gasteiger partial charge is 0.486 e. The molecular weight excluding hydrogens is 801 g/mol. The van der Waals surface area contributed by atoms with Crippen molar-refractivity contribution >= 4 is 55.0 Å². The van der Waals surface area contributed by atoms with Gasteiger partial charge < -0.3 is 14.8 Å². The third-order valence-electron chi connectivity index (χ3n) is 8.70. The number of sulfonamides is 1. The summed E-state index contributed by atoms with van der Waals surface area (Å²) in [5.74, 6) is -0.953. The van der Waals surface area contributed by atoms with Crippen molar-refractivity contribution in [2.45, 2.75) is 58.2 Å². The van der Waals surface area contributed by atoms with Gasteiger partial charge in [-0.05, 0) is 89.7 Å². The summed E-state index contributed by atoms with van der Waals surface area (Å²) in [5, 5.41) is 8.65. The maximum atomic E-state index is 15.7. The summed E-state index contributed by atoms with van der Waals surface area (Å²) in [4.78, 5) is 4.78. The second-order valence-corrected chi connectivity index (χ2v) is 15.5. The van der Waals surface area contributed by atoms with E-state index >= 15 is 4.39 Å². The Hall–Kier alpha value is -3.96. The topological polar surface area (TPSA) is 98.6 Å². The number of pyridine rings is 1. The average molecular weight is 838 g/mol. The van der Waals surface area contributed by atoms with Crippen molar-refractivity contribution in [3.8, 4) is 17.0 Å². The van der Waals surface area contributed by atoms with Crippen molar-refractivity contribution < 1.29 is 35.5 Å². The molecule has 1 atom stereocenters. The first-order chi connectivity index (χ1) is 24.3. The predicted octanol–water partition coefficient (Wildman–Crippen LogP) is 8.62. The molecule has 270 valence electrons. The van der Waals surface area contributed by atoms with E-state index in [0.717, 1.165) is 30.5 Å². The molecule has 5 aromatic rings. The summed E-state index contributed by atoms with van der Waals surface area (Å²) in [5.41, 5.74) is 2.19. The van der Waals surface area contributed by atoms with E-state index in [9.17, 15) is 21.6 Å². The fourth-order valence-corrected chi connectivity index (χ4v) is 7.68. The molecule has 1 saturated heterocycles. The van der Waals surface area contributed by atoms with Gasteiger partial charge in [0.1, 0.15) is 16.1 Å². The number of hydrogen-bond acceptors (Lipinski definition) is 7. The van der Waals surface area contributed by atoms with Gasteiger partial charge in [-0.15, -0.1) is 0 Å². The number of benzene rings is 3. The summed E-state index contributed by atoms with van der Waals surface area (Å²) in [6, 6.07) is 19.7. The van der Waals surface area contributed by atoms with E-state index in [2.05, 4.69) is 27.9 Å². The fourth-order valence-electron chi connectivity index (χ4n) is 6.05. The maximum absolute atomic E-state index is 15.7. The SMILES string of the molecule is CCS(=O)(=O)N(C)c1ccccc1CNc1nc(-c2cc(F)c(OCc3ccccc3)cc2CC(F)(F)F)cc2c1c(I)nn2C1CCCCO1. The molecule has 3 heterocycles. The van der Waals surface area contributed by atoms with Gasteiger partial charge in [0.2, 0.25) is 10.0 Å². The summed E-state index contributed by atoms with van der Waals surface area (Å²) < 4.78 is 98.5. The van der Waals surface area contributed by atoms with Crippen molar-refractivity contribution in [1.82, 2.24) is 14.8 Å². The number of halogens is 5. The lowest BCUT2D eigenvalue weighted by Gasteiger charge is -2.24. The van der Waals surface area contributed by atoms with Crippen LogP contribution in [-0.4, -0.2) is 48.8 Å². The standard InChI is InChI=1S/C36H36F4IN5O4S/c1-3-51(47,48)45(2)29-14-8-7-13-24(29)21-42-35-33-30(46(44-34(33)41)32-15-9-10-16-49-32)19-28(43-35)26-18-27(37)31(17-25(26)20-36(38,39)40)50-22-23-11-5-4-6-12-23/h4-8,11-14,17-19,32H,3,9-10,15-16,20-22H2,1-2H3,(H,42,43). The number of nitrogens with one attached hydrogen (secondary N) is 1. The van der Waals surface area contributed by atoms with Crippen LogP contribution in [0.2, 0.25) is 0 Å². The van der Waals surface area contributed by atoms with Gasteiger partial charge in [-0.2, -0.15) is 18.3 Å². The molecule has 0 bridgehead atoms. The van der Waals surface area contributed by atoms with E-state index in [0.29, 0.717) is 38.9 Å². The molecule has 0 amide bonds. The number of anilines is 2. The molecule has 2 aromatic heterocycles. The van der Waals surface area contributed by atoms with Gasteiger partial charge in [-0.25, -0.2) is 22.5 Å². The molecule has 1 fully saturated rings. The van der Waals surface area contributed by atoms with Gasteiger partial charge in [-0.3, -0.25) is 4.31 Å². The number of fused-ring (bicyclic) bond motifs is 1. The second-order valence-electron chi connectivity index (χ2n) is 12.2. The Labute approximate surface area is 307 Å². The van der Waals surface area contributed by atoms with Gasteiger partial charge in [0, 0.05) is 25.8 Å². The van der Waals surface area contributed by atoms with Crippen LogP contribution in [0.15, 0.2) is 72.8 Å². The Morgan fingerprint density at radius 2 is 1.80 bits per heavy atom. The maximum Gasteiger partial charge on any atom is 0.393 e. The lowest BCUT2D eigenvalue weighted by molar-refractivity contribution is -0.127. The minimum Gasteiger partial charge on any atom is -0.486 e. The van der Waals surface area contributed by atoms with Crippen molar-refractivity contribution in [2.75, 3.05) is 29.0 Å². The van der Waals surface area contributed by atoms with Crippen LogP contribution in [-0.2, 0) is 34.3 Å². The van der Waals surface area contributed by atoms with Crippen LogP contribution in [0.1, 0.15) is 49.1 Å². The van der Waals surface area contributed by atoms with Crippen LogP contribution in [0.25, 0.3) is 22.2 Å². The Morgan fingerprint density at radius 1 is 1.06 bits per heavy atom. The molecule has 51 heavy (non-hydrogen) atoms. The van der Waals surface area contributed by atoms with Crippen molar-refractivity contribution in [2.24, 2.45) is 0 Å². The fraction of sp³-hybridized carbons (Fsp3) is 0.333. The number of nitrogens with zero attached hydrogens (tertiary/aromatic N) is 4. The molecular formula is C36H36F4IN5O4S. The molecule has 1 unspecified atom stereocenters. The van der Waals surface area contributed by atoms with E-state index in [1.165, 1.54) is 11.4 Å². The third-order valence-corrected chi connectivity index (χ3v) is 11.2. The zero-order valence-corrected chi connectivity index (χ0v) is 30.9. The number of hydrogen-bond donors (Lipinski definition) is 1. The Morgan fingerprint density at radius 3 is 2.51 bits per heavy atom. The summed E-state index contributed by atoms with van der Waals surface area (Å²) >= 11 is 2.08. The number of aromatic nitrogens is 3. The van der Waals surface area contributed by atoms with Crippen LogP contribution >= 0.6 is 22.6 Å². The van der Waals surface area contributed by atoms with Gasteiger partial charge in [0.05, 0.1) is 34.5 Å². The summed E-state index contributed by atoms with van der Waals surface area (Å²) in [6.07, 6.45) is -3.90. The van der Waals surface area contributed by atoms with Gasteiger partial charge >= 0.3 is 6.18 Å². The molecule has 1 aliphatic heterocycles. The highest BCUT2D eigenvalue weighted by molar-refractivity contribution is 14.1. The van der Waals surface area contributed by atoms with E-state index in [1.807, 2.05) is 6.07 Å². The minimum absolute atomic E-state index is 0.0317. The van der Waals surface area contributed by atoms with Gasteiger partial charge in [-0.1, -0.05) is 48.5 Å². The van der Waals surface area contributed by atoms with E-state index in [-0.39, 0.29) is 47.3 Å². The highest BCUT2D eigenvalue weighted by Gasteiger charge is 2.31. The van der Waals surface area contributed by atoms with E-state index in [4.69, 9.17) is 19.6 Å². The molecule has 0 radical (unpaired) electrons. The molecule has 1 N–H and O–H groups in total. The quantitative estimate of drug-likeness (QED) is 0.0993. The molecule has 15 heteroatoms. The van der Waals surface area contributed by atoms with E-state index in [1.54, 1.807) is 66.2 Å². The first-order valence-corrected chi connectivity index (χ1v) is 19.1. The zero-order valence-electron chi connectivity index (χ0n) is 27.9. The minimum atomic E-state index is -4.61. The van der Waals surface area contributed by atoms with Gasteiger partial charge in [0.25, 0.3) is 0 Å². The molecule has 3 aromatic carbocycles. The van der Waals surface area contributed by atoms with Crippen LogP contribution in [0.4, 0.5) is 29.1 Å². The normalized spacial score (nSPS) is 15.2. The van der Waals surface area contributed by atoms with Crippen molar-refractivity contribution in [3.63, 3.8) is 0 Å². The molecule has 6 rings (SSSR count). The van der Waals surface area contributed by atoms with Crippen LogP contribution < -0.4 is 14.4 Å². The predicted molar refractivity (Wildman–Crippen MR) is 197 cm³/mol. The summed E-state index contributed by atoms with van der Waals surface area (Å²) in [7, 11) is -2.09. The first kappa shape index (κ1) is 36.8. The average Bonchev–Trinajstić information content (AvgIpc) is 3.46.